The smallest absolute Gasteiger partial charge is 0.236 e. The predicted octanol–water partition coefficient (Wildman–Crippen LogP) is 6.19. The van der Waals surface area contributed by atoms with E-state index >= 15 is 0 Å². The van der Waals surface area contributed by atoms with Gasteiger partial charge in [0.25, 0.3) is 0 Å². The highest BCUT2D eigenvalue weighted by molar-refractivity contribution is 7.99. The molecule has 3 aromatic heterocycles. The number of carbonyl (C=O) groups excluding carboxylic acids is 1. The standard InChI is InChI=1S/C19H15Cl2N5OS3/c1-2-26-17(15-4-3-7-28-15)24-25-19(26)30-10-16(27)23-18-22-14(9-29-18)12-6-5-11(20)8-13(12)21/h3-9H,2,10H2,1H3,(H,22,23,27). The molecule has 1 N–H and O–H groups in total. The van der Waals surface area contributed by atoms with Crippen LogP contribution in [0.3, 0.4) is 0 Å². The van der Waals surface area contributed by atoms with E-state index in [4.69, 9.17) is 23.2 Å². The first-order valence-electron chi connectivity index (χ1n) is 8.86. The summed E-state index contributed by atoms with van der Waals surface area (Å²) in [5, 5.41) is 17.5. The number of nitrogens with one attached hydrogen (secondary N) is 1. The minimum Gasteiger partial charge on any atom is -0.302 e. The topological polar surface area (TPSA) is 72.7 Å². The molecule has 0 saturated heterocycles. The molecule has 0 radical (unpaired) electrons. The largest absolute Gasteiger partial charge is 0.302 e. The van der Waals surface area contributed by atoms with Crippen LogP contribution < -0.4 is 5.32 Å². The summed E-state index contributed by atoms with van der Waals surface area (Å²) in [6, 6.07) is 9.22. The molecule has 11 heteroatoms. The summed E-state index contributed by atoms with van der Waals surface area (Å²) in [7, 11) is 0. The second-order valence-electron chi connectivity index (χ2n) is 6.03. The zero-order chi connectivity index (χ0) is 21.1. The van der Waals surface area contributed by atoms with Crippen molar-refractivity contribution in [3.63, 3.8) is 0 Å². The summed E-state index contributed by atoms with van der Waals surface area (Å²) in [4.78, 5) is 17.9. The van der Waals surface area contributed by atoms with E-state index in [9.17, 15) is 4.79 Å². The number of halogens is 2. The summed E-state index contributed by atoms with van der Waals surface area (Å²) >= 11 is 16.5. The number of thiophene rings is 1. The van der Waals surface area contributed by atoms with Gasteiger partial charge in [-0.25, -0.2) is 4.98 Å². The molecule has 4 rings (SSSR count). The van der Waals surface area contributed by atoms with Crippen LogP contribution in [-0.4, -0.2) is 31.4 Å². The molecule has 3 heterocycles. The second kappa shape index (κ2) is 9.49. The van der Waals surface area contributed by atoms with Gasteiger partial charge in [0.2, 0.25) is 5.91 Å². The third-order valence-electron chi connectivity index (χ3n) is 4.06. The van der Waals surface area contributed by atoms with Crippen molar-refractivity contribution in [2.24, 2.45) is 0 Å². The lowest BCUT2D eigenvalue weighted by molar-refractivity contribution is -0.113. The Morgan fingerprint density at radius 1 is 1.23 bits per heavy atom. The Bertz CT molecular complexity index is 1170. The number of nitrogens with zero attached hydrogens (tertiary/aromatic N) is 4. The van der Waals surface area contributed by atoms with E-state index < -0.39 is 0 Å². The summed E-state index contributed by atoms with van der Waals surface area (Å²) in [6.45, 7) is 2.76. The van der Waals surface area contributed by atoms with Gasteiger partial charge in [-0.2, -0.15) is 0 Å². The Hall–Kier alpha value is -1.91. The van der Waals surface area contributed by atoms with Crippen LogP contribution in [0.2, 0.25) is 10.0 Å². The van der Waals surface area contributed by atoms with E-state index in [1.54, 1.807) is 23.5 Å². The lowest BCUT2D eigenvalue weighted by atomic mass is 10.2. The highest BCUT2D eigenvalue weighted by atomic mass is 35.5. The molecule has 4 aromatic rings. The van der Waals surface area contributed by atoms with E-state index in [1.807, 2.05) is 40.5 Å². The fourth-order valence-corrected chi connectivity index (χ4v) is 5.46. The maximum absolute atomic E-state index is 12.4. The lowest BCUT2D eigenvalue weighted by Gasteiger charge is -2.06. The summed E-state index contributed by atoms with van der Waals surface area (Å²) < 4.78 is 2.01. The van der Waals surface area contributed by atoms with Gasteiger partial charge in [-0.15, -0.1) is 32.9 Å². The zero-order valence-electron chi connectivity index (χ0n) is 15.6. The summed E-state index contributed by atoms with van der Waals surface area (Å²) in [6.07, 6.45) is 0. The number of aromatic nitrogens is 4. The molecular weight excluding hydrogens is 481 g/mol. The highest BCUT2D eigenvalue weighted by Crippen LogP contribution is 2.32. The number of hydrogen-bond acceptors (Lipinski definition) is 7. The van der Waals surface area contributed by atoms with Crippen molar-refractivity contribution in [3.05, 3.63) is 51.1 Å². The van der Waals surface area contributed by atoms with Crippen molar-refractivity contribution < 1.29 is 4.79 Å². The number of thioether (sulfide) groups is 1. The summed E-state index contributed by atoms with van der Waals surface area (Å²) in [5.74, 6) is 0.866. The molecule has 154 valence electrons. The van der Waals surface area contributed by atoms with Crippen LogP contribution in [0.25, 0.3) is 22.0 Å². The van der Waals surface area contributed by atoms with Crippen LogP contribution in [0, 0.1) is 0 Å². The minimum atomic E-state index is -0.161. The molecule has 0 atom stereocenters. The first kappa shape index (κ1) is 21.3. The van der Waals surface area contributed by atoms with Crippen LogP contribution in [0.1, 0.15) is 6.92 Å². The number of amides is 1. The molecule has 0 bridgehead atoms. The van der Waals surface area contributed by atoms with Gasteiger partial charge in [0.05, 0.1) is 21.3 Å². The molecule has 0 spiro atoms. The number of benzene rings is 1. The first-order valence-corrected chi connectivity index (χ1v) is 12.4. The highest BCUT2D eigenvalue weighted by Gasteiger charge is 2.16. The molecule has 0 saturated carbocycles. The molecule has 0 aliphatic carbocycles. The van der Waals surface area contributed by atoms with Gasteiger partial charge in [-0.3, -0.25) is 4.79 Å². The van der Waals surface area contributed by atoms with Crippen molar-refractivity contribution in [1.82, 2.24) is 19.7 Å². The number of thiazole rings is 1. The molecule has 0 aliphatic heterocycles. The fraction of sp³-hybridized carbons (Fsp3) is 0.158. The quantitative estimate of drug-likeness (QED) is 0.309. The van der Waals surface area contributed by atoms with Gasteiger partial charge >= 0.3 is 0 Å². The Morgan fingerprint density at radius 2 is 2.10 bits per heavy atom. The molecule has 6 nitrogen and oxygen atoms in total. The normalized spacial score (nSPS) is 11.0. The molecule has 1 aromatic carbocycles. The number of hydrogen-bond donors (Lipinski definition) is 1. The van der Waals surface area contributed by atoms with Crippen LogP contribution in [0.15, 0.2) is 46.2 Å². The van der Waals surface area contributed by atoms with Gasteiger partial charge in [-0.1, -0.05) is 41.0 Å². The fourth-order valence-electron chi connectivity index (χ4n) is 2.71. The van der Waals surface area contributed by atoms with E-state index in [2.05, 4.69) is 20.5 Å². The third-order valence-corrected chi connectivity index (χ3v) is 7.20. The van der Waals surface area contributed by atoms with Crippen molar-refractivity contribution in [2.75, 3.05) is 11.1 Å². The van der Waals surface area contributed by atoms with Crippen molar-refractivity contribution in [1.29, 1.82) is 0 Å². The van der Waals surface area contributed by atoms with Gasteiger partial charge in [0.15, 0.2) is 16.1 Å². The maximum atomic E-state index is 12.4. The minimum absolute atomic E-state index is 0.161. The van der Waals surface area contributed by atoms with E-state index in [0.29, 0.717) is 26.0 Å². The molecule has 0 fully saturated rings. The first-order chi connectivity index (χ1) is 14.5. The van der Waals surface area contributed by atoms with Crippen molar-refractivity contribution >= 4 is 68.7 Å². The third kappa shape index (κ3) is 4.70. The van der Waals surface area contributed by atoms with Gasteiger partial charge in [0, 0.05) is 22.5 Å². The Kier molecular flexibility index (Phi) is 6.74. The average Bonchev–Trinajstić information content (AvgIpc) is 3.46. The van der Waals surface area contributed by atoms with Crippen LogP contribution >= 0.6 is 57.6 Å². The molecule has 1 amide bonds. The Morgan fingerprint density at radius 3 is 2.83 bits per heavy atom. The van der Waals surface area contributed by atoms with Crippen LogP contribution in [0.4, 0.5) is 5.13 Å². The van der Waals surface area contributed by atoms with Crippen molar-refractivity contribution in [2.45, 2.75) is 18.6 Å². The Balaban J connectivity index is 1.40. The van der Waals surface area contributed by atoms with E-state index in [1.165, 1.54) is 23.1 Å². The average molecular weight is 496 g/mol. The molecule has 30 heavy (non-hydrogen) atoms. The van der Waals surface area contributed by atoms with Gasteiger partial charge in [0.1, 0.15) is 0 Å². The molecule has 0 unspecified atom stereocenters. The van der Waals surface area contributed by atoms with Gasteiger partial charge in [-0.05, 0) is 36.6 Å². The zero-order valence-corrected chi connectivity index (χ0v) is 19.6. The SMILES string of the molecule is CCn1c(SCC(=O)Nc2nc(-c3ccc(Cl)cc3Cl)cs2)nnc1-c1cccs1. The van der Waals surface area contributed by atoms with E-state index in [-0.39, 0.29) is 11.7 Å². The number of carbonyl (C=O) groups is 1. The lowest BCUT2D eigenvalue weighted by Crippen LogP contribution is -2.14. The molecule has 0 aliphatic rings. The molecular formula is C19H15Cl2N5OS3. The van der Waals surface area contributed by atoms with Crippen LogP contribution in [0.5, 0.6) is 0 Å². The Labute approximate surface area is 195 Å². The van der Waals surface area contributed by atoms with Crippen molar-refractivity contribution in [3.8, 4) is 22.0 Å². The maximum Gasteiger partial charge on any atom is 0.236 e. The number of rotatable bonds is 7. The van der Waals surface area contributed by atoms with Gasteiger partial charge < -0.3 is 9.88 Å². The predicted molar refractivity (Wildman–Crippen MR) is 126 cm³/mol. The second-order valence-corrected chi connectivity index (χ2v) is 9.62. The number of anilines is 1. The monoisotopic (exact) mass is 495 g/mol. The van der Waals surface area contributed by atoms with Crippen LogP contribution in [-0.2, 0) is 11.3 Å². The summed E-state index contributed by atoms with van der Waals surface area (Å²) in [5.41, 5.74) is 1.46. The van der Waals surface area contributed by atoms with E-state index in [0.717, 1.165) is 22.8 Å².